The summed E-state index contributed by atoms with van der Waals surface area (Å²) in [5.41, 5.74) is 1.58. The maximum atomic E-state index is 12.0. The van der Waals surface area contributed by atoms with E-state index in [2.05, 4.69) is 17.6 Å². The summed E-state index contributed by atoms with van der Waals surface area (Å²) in [7, 11) is -3.00. The lowest BCUT2D eigenvalue weighted by Gasteiger charge is -2.14. The Labute approximate surface area is 137 Å². The van der Waals surface area contributed by atoms with Crippen molar-refractivity contribution in [1.29, 1.82) is 0 Å². The highest BCUT2D eigenvalue weighted by Gasteiger charge is 2.28. The average Bonchev–Trinajstić information content (AvgIpc) is 2.81. The Kier molecular flexibility index (Phi) is 5.87. The number of amides is 2. The molecule has 1 heterocycles. The van der Waals surface area contributed by atoms with E-state index in [1.54, 1.807) is 6.07 Å². The van der Waals surface area contributed by atoms with Crippen LogP contribution in [0.2, 0.25) is 0 Å². The van der Waals surface area contributed by atoms with Gasteiger partial charge in [-0.05, 0) is 43.5 Å². The minimum absolute atomic E-state index is 0.0175. The number of hydrogen-bond acceptors (Lipinski definition) is 4. The van der Waals surface area contributed by atoms with Crippen LogP contribution in [0.1, 0.15) is 31.7 Å². The third kappa shape index (κ3) is 5.42. The van der Waals surface area contributed by atoms with Crippen molar-refractivity contribution in [2.45, 2.75) is 39.2 Å². The van der Waals surface area contributed by atoms with Gasteiger partial charge in [0, 0.05) is 11.7 Å². The SMILES string of the molecule is CCCCOc1ccc(NC(=O)NC2CCS(=O)(=O)C2)c(C)c1. The predicted octanol–water partition coefficient (Wildman–Crippen LogP) is 2.48. The molecule has 1 aromatic carbocycles. The van der Waals surface area contributed by atoms with Crippen molar-refractivity contribution < 1.29 is 17.9 Å². The fourth-order valence-electron chi connectivity index (χ4n) is 2.45. The van der Waals surface area contributed by atoms with Crippen molar-refractivity contribution in [3.8, 4) is 5.75 Å². The normalized spacial score (nSPS) is 19.3. The minimum atomic E-state index is -3.00. The fourth-order valence-corrected chi connectivity index (χ4v) is 4.13. The van der Waals surface area contributed by atoms with E-state index < -0.39 is 9.84 Å². The van der Waals surface area contributed by atoms with Crippen LogP contribution in [-0.4, -0.2) is 38.6 Å². The van der Waals surface area contributed by atoms with Crippen LogP contribution in [0.25, 0.3) is 0 Å². The van der Waals surface area contributed by atoms with E-state index in [9.17, 15) is 13.2 Å². The molecule has 128 valence electrons. The molecule has 0 saturated carbocycles. The van der Waals surface area contributed by atoms with E-state index >= 15 is 0 Å². The van der Waals surface area contributed by atoms with Crippen LogP contribution in [-0.2, 0) is 9.84 Å². The molecule has 1 aliphatic rings. The highest BCUT2D eigenvalue weighted by Crippen LogP contribution is 2.21. The van der Waals surface area contributed by atoms with Crippen molar-refractivity contribution in [3.05, 3.63) is 23.8 Å². The molecule has 23 heavy (non-hydrogen) atoms. The van der Waals surface area contributed by atoms with Crippen LogP contribution in [0, 0.1) is 6.92 Å². The molecular weight excluding hydrogens is 316 g/mol. The summed E-state index contributed by atoms with van der Waals surface area (Å²) in [6.07, 6.45) is 2.56. The monoisotopic (exact) mass is 340 g/mol. The van der Waals surface area contributed by atoms with Crippen LogP contribution in [0.4, 0.5) is 10.5 Å². The Morgan fingerprint density at radius 3 is 2.78 bits per heavy atom. The van der Waals surface area contributed by atoms with Crippen molar-refractivity contribution in [2.75, 3.05) is 23.4 Å². The fraction of sp³-hybridized carbons (Fsp3) is 0.562. The first-order valence-electron chi connectivity index (χ1n) is 7.91. The number of sulfone groups is 1. The van der Waals surface area contributed by atoms with Crippen molar-refractivity contribution >= 4 is 21.6 Å². The Morgan fingerprint density at radius 2 is 2.17 bits per heavy atom. The lowest BCUT2D eigenvalue weighted by atomic mass is 10.2. The standard InChI is InChI=1S/C16H24N2O4S/c1-3-4-8-22-14-5-6-15(12(2)10-14)18-16(19)17-13-7-9-23(20,21)11-13/h5-6,10,13H,3-4,7-9,11H2,1-2H3,(H2,17,18,19). The molecule has 2 N–H and O–H groups in total. The summed E-state index contributed by atoms with van der Waals surface area (Å²) >= 11 is 0. The highest BCUT2D eigenvalue weighted by atomic mass is 32.2. The topological polar surface area (TPSA) is 84.5 Å². The summed E-state index contributed by atoms with van der Waals surface area (Å²) in [6.45, 7) is 4.68. The van der Waals surface area contributed by atoms with Crippen LogP contribution in [0.5, 0.6) is 5.75 Å². The molecule has 0 aromatic heterocycles. The second kappa shape index (κ2) is 7.68. The summed E-state index contributed by atoms with van der Waals surface area (Å²) in [5.74, 6) is 0.938. The molecule has 2 rings (SSSR count). The van der Waals surface area contributed by atoms with Gasteiger partial charge in [0.25, 0.3) is 0 Å². The van der Waals surface area contributed by atoms with Gasteiger partial charge < -0.3 is 15.4 Å². The summed E-state index contributed by atoms with van der Waals surface area (Å²) in [4.78, 5) is 12.0. The third-order valence-electron chi connectivity index (χ3n) is 3.78. The number of benzene rings is 1. The molecule has 1 atom stereocenters. The second-order valence-corrected chi connectivity index (χ2v) is 8.11. The van der Waals surface area contributed by atoms with Crippen molar-refractivity contribution in [2.24, 2.45) is 0 Å². The molecule has 1 unspecified atom stereocenters. The van der Waals surface area contributed by atoms with E-state index in [-0.39, 0.29) is 23.6 Å². The van der Waals surface area contributed by atoms with E-state index in [0.29, 0.717) is 18.7 Å². The average molecular weight is 340 g/mol. The van der Waals surface area contributed by atoms with Gasteiger partial charge in [0.05, 0.1) is 18.1 Å². The Balaban J connectivity index is 1.88. The summed E-state index contributed by atoms with van der Waals surface area (Å²) in [5, 5.41) is 5.46. The van der Waals surface area contributed by atoms with Crippen molar-refractivity contribution in [3.63, 3.8) is 0 Å². The maximum Gasteiger partial charge on any atom is 0.319 e. The number of urea groups is 1. The molecule has 0 aliphatic carbocycles. The molecule has 2 amide bonds. The first-order valence-corrected chi connectivity index (χ1v) is 9.73. The number of anilines is 1. The van der Waals surface area contributed by atoms with Gasteiger partial charge in [0.1, 0.15) is 5.75 Å². The number of hydrogen-bond donors (Lipinski definition) is 2. The molecule has 1 saturated heterocycles. The molecule has 1 aliphatic heterocycles. The van der Waals surface area contributed by atoms with Gasteiger partial charge in [0.2, 0.25) is 0 Å². The minimum Gasteiger partial charge on any atom is -0.494 e. The number of nitrogens with one attached hydrogen (secondary N) is 2. The molecule has 1 fully saturated rings. The second-order valence-electron chi connectivity index (χ2n) is 5.88. The van der Waals surface area contributed by atoms with Gasteiger partial charge >= 0.3 is 6.03 Å². The quantitative estimate of drug-likeness (QED) is 0.779. The zero-order chi connectivity index (χ0) is 16.9. The van der Waals surface area contributed by atoms with Crippen LogP contribution in [0.15, 0.2) is 18.2 Å². The molecule has 0 radical (unpaired) electrons. The number of carbonyl (C=O) groups excluding carboxylic acids is 1. The van der Waals surface area contributed by atoms with Gasteiger partial charge in [-0.15, -0.1) is 0 Å². The third-order valence-corrected chi connectivity index (χ3v) is 5.55. The number of carbonyl (C=O) groups is 1. The first-order chi connectivity index (χ1) is 10.9. The largest absolute Gasteiger partial charge is 0.494 e. The zero-order valence-electron chi connectivity index (χ0n) is 13.6. The molecule has 0 bridgehead atoms. The molecule has 6 nitrogen and oxygen atoms in total. The van der Waals surface area contributed by atoms with E-state index in [4.69, 9.17) is 4.74 Å². The number of rotatable bonds is 6. The lowest BCUT2D eigenvalue weighted by Crippen LogP contribution is -2.38. The predicted molar refractivity (Wildman–Crippen MR) is 90.8 cm³/mol. The van der Waals surface area contributed by atoms with Gasteiger partial charge in [-0.25, -0.2) is 13.2 Å². The van der Waals surface area contributed by atoms with Crippen LogP contribution >= 0.6 is 0 Å². The highest BCUT2D eigenvalue weighted by molar-refractivity contribution is 7.91. The maximum absolute atomic E-state index is 12.0. The summed E-state index contributed by atoms with van der Waals surface area (Å²) in [6, 6.07) is 4.80. The van der Waals surface area contributed by atoms with Gasteiger partial charge in [0.15, 0.2) is 9.84 Å². The molecule has 1 aromatic rings. The Bertz CT molecular complexity index is 658. The number of ether oxygens (including phenoxy) is 1. The van der Waals surface area contributed by atoms with Crippen LogP contribution < -0.4 is 15.4 Å². The molecule has 0 spiro atoms. The Morgan fingerprint density at radius 1 is 1.39 bits per heavy atom. The summed E-state index contributed by atoms with van der Waals surface area (Å²) < 4.78 is 28.4. The number of unbranched alkanes of at least 4 members (excludes halogenated alkanes) is 1. The van der Waals surface area contributed by atoms with Gasteiger partial charge in [-0.1, -0.05) is 13.3 Å². The first kappa shape index (κ1) is 17.6. The van der Waals surface area contributed by atoms with E-state index in [1.165, 1.54) is 0 Å². The molecular formula is C16H24N2O4S. The molecule has 7 heteroatoms. The van der Waals surface area contributed by atoms with Gasteiger partial charge in [-0.3, -0.25) is 0 Å². The van der Waals surface area contributed by atoms with E-state index in [0.717, 1.165) is 24.2 Å². The van der Waals surface area contributed by atoms with Crippen molar-refractivity contribution in [1.82, 2.24) is 5.32 Å². The van der Waals surface area contributed by atoms with E-state index in [1.807, 2.05) is 19.1 Å². The number of aryl methyl sites for hydroxylation is 1. The zero-order valence-corrected chi connectivity index (χ0v) is 14.4. The Hall–Kier alpha value is -1.76. The van der Waals surface area contributed by atoms with Gasteiger partial charge in [-0.2, -0.15) is 0 Å². The van der Waals surface area contributed by atoms with Crippen LogP contribution in [0.3, 0.4) is 0 Å². The lowest BCUT2D eigenvalue weighted by molar-refractivity contribution is 0.249. The smallest absolute Gasteiger partial charge is 0.319 e.